The van der Waals surface area contributed by atoms with Crippen molar-refractivity contribution < 1.29 is 19.1 Å². The Morgan fingerprint density at radius 3 is 2.48 bits per heavy atom. The fraction of sp³-hybridized carbons (Fsp3) is 0.188. The quantitative estimate of drug-likeness (QED) is 0.731. The van der Waals surface area contributed by atoms with Gasteiger partial charge in [-0.15, -0.1) is 0 Å². The second-order valence-electron chi connectivity index (χ2n) is 4.90. The Bertz CT molecular complexity index is 808. The van der Waals surface area contributed by atoms with Gasteiger partial charge < -0.3 is 15.4 Å². The van der Waals surface area contributed by atoms with Crippen LogP contribution in [0.15, 0.2) is 34.9 Å². The number of nitrogens with one attached hydrogen (secondary N) is 2. The molecule has 1 aromatic carbocycles. The van der Waals surface area contributed by atoms with Crippen molar-refractivity contribution in [2.45, 2.75) is 6.92 Å². The number of anilines is 1. The van der Waals surface area contributed by atoms with Crippen LogP contribution in [0.1, 0.15) is 26.7 Å². The van der Waals surface area contributed by atoms with Gasteiger partial charge in [0, 0.05) is 17.4 Å². The van der Waals surface area contributed by atoms with E-state index in [9.17, 15) is 14.4 Å². The molecule has 1 aromatic heterocycles. The number of hydrogen-bond donors (Lipinski definition) is 2. The highest BCUT2D eigenvalue weighted by Gasteiger charge is 2.14. The summed E-state index contributed by atoms with van der Waals surface area (Å²) < 4.78 is 4.92. The second kappa shape index (κ2) is 8.34. The van der Waals surface area contributed by atoms with Crippen LogP contribution in [-0.2, 0) is 9.53 Å². The zero-order chi connectivity index (χ0) is 18.4. The lowest BCUT2D eigenvalue weighted by Gasteiger charge is -2.08. The lowest BCUT2D eigenvalue weighted by Crippen LogP contribution is -2.30. The zero-order valence-corrected chi connectivity index (χ0v) is 15.1. The van der Waals surface area contributed by atoms with E-state index >= 15 is 0 Å². The molecule has 0 atom stereocenters. The molecule has 0 saturated heterocycles. The van der Waals surface area contributed by atoms with Gasteiger partial charge in [0.1, 0.15) is 18.1 Å². The van der Waals surface area contributed by atoms with Gasteiger partial charge in [-0.25, -0.2) is 9.97 Å². The Balaban J connectivity index is 2.02. The molecule has 0 saturated carbocycles. The lowest BCUT2D eigenvalue weighted by atomic mass is 10.2. The van der Waals surface area contributed by atoms with E-state index in [-0.39, 0.29) is 12.2 Å². The largest absolute Gasteiger partial charge is 0.468 e. The van der Waals surface area contributed by atoms with Crippen molar-refractivity contribution in [1.82, 2.24) is 15.3 Å². The first-order valence-electron chi connectivity index (χ1n) is 7.16. The molecule has 9 heteroatoms. The van der Waals surface area contributed by atoms with E-state index in [1.807, 2.05) is 0 Å². The normalized spacial score (nSPS) is 10.0. The minimum Gasteiger partial charge on any atom is -0.468 e. The standard InChI is InChI=1S/C16H15BrN4O4/c1-9-18-7-12(17)14(20-9)16(24)21-11-5-3-10(4-6-11)15(23)19-8-13(22)25-2/h3-7H,8H2,1-2H3,(H,19,23)(H,21,24). The number of nitrogens with zero attached hydrogens (tertiary/aromatic N) is 2. The smallest absolute Gasteiger partial charge is 0.325 e. The van der Waals surface area contributed by atoms with Crippen LogP contribution in [0.2, 0.25) is 0 Å². The fourth-order valence-corrected chi connectivity index (χ4v) is 2.21. The molecule has 2 N–H and O–H groups in total. The summed E-state index contributed by atoms with van der Waals surface area (Å²) in [6.07, 6.45) is 1.51. The third-order valence-electron chi connectivity index (χ3n) is 3.11. The molecule has 8 nitrogen and oxygen atoms in total. The molecule has 2 rings (SSSR count). The number of hydrogen-bond acceptors (Lipinski definition) is 6. The molecule has 0 spiro atoms. The van der Waals surface area contributed by atoms with Gasteiger partial charge in [0.25, 0.3) is 11.8 Å². The van der Waals surface area contributed by atoms with Crippen molar-refractivity contribution in [2.24, 2.45) is 0 Å². The van der Waals surface area contributed by atoms with Crippen LogP contribution < -0.4 is 10.6 Å². The van der Waals surface area contributed by atoms with Gasteiger partial charge in [0.05, 0.1) is 11.6 Å². The highest BCUT2D eigenvalue weighted by atomic mass is 79.9. The number of aryl methyl sites for hydroxylation is 1. The topological polar surface area (TPSA) is 110 Å². The molecule has 2 amide bonds. The molecule has 1 heterocycles. The number of amides is 2. The summed E-state index contributed by atoms with van der Waals surface area (Å²) in [6.45, 7) is 1.47. The molecule has 0 unspecified atom stereocenters. The maximum absolute atomic E-state index is 12.3. The van der Waals surface area contributed by atoms with Crippen LogP contribution in [0.25, 0.3) is 0 Å². The van der Waals surface area contributed by atoms with E-state index in [0.717, 1.165) is 0 Å². The average molecular weight is 407 g/mol. The van der Waals surface area contributed by atoms with Gasteiger partial charge in [0.15, 0.2) is 0 Å². The first-order chi connectivity index (χ1) is 11.9. The number of ether oxygens (including phenoxy) is 1. The van der Waals surface area contributed by atoms with Gasteiger partial charge >= 0.3 is 5.97 Å². The predicted octanol–water partition coefficient (Wildman–Crippen LogP) is 1.70. The van der Waals surface area contributed by atoms with Crippen molar-refractivity contribution in [3.05, 3.63) is 52.0 Å². The van der Waals surface area contributed by atoms with E-state index in [2.05, 4.69) is 41.3 Å². The number of carbonyl (C=O) groups is 3. The molecule has 2 aromatic rings. The minimum absolute atomic E-state index is 0.213. The number of halogens is 1. The highest BCUT2D eigenvalue weighted by Crippen LogP contribution is 2.16. The van der Waals surface area contributed by atoms with Crippen molar-refractivity contribution in [2.75, 3.05) is 19.0 Å². The van der Waals surface area contributed by atoms with Crippen molar-refractivity contribution in [3.63, 3.8) is 0 Å². The maximum atomic E-state index is 12.3. The van der Waals surface area contributed by atoms with Gasteiger partial charge in [-0.2, -0.15) is 0 Å². The monoisotopic (exact) mass is 406 g/mol. The van der Waals surface area contributed by atoms with Crippen LogP contribution in [0.3, 0.4) is 0 Å². The van der Waals surface area contributed by atoms with Crippen LogP contribution in [0.5, 0.6) is 0 Å². The summed E-state index contributed by atoms with van der Waals surface area (Å²) in [5.41, 5.74) is 1.06. The summed E-state index contributed by atoms with van der Waals surface area (Å²) in [4.78, 5) is 43.2. The highest BCUT2D eigenvalue weighted by molar-refractivity contribution is 9.10. The van der Waals surface area contributed by atoms with E-state index in [0.29, 0.717) is 21.5 Å². The fourth-order valence-electron chi connectivity index (χ4n) is 1.84. The van der Waals surface area contributed by atoms with Gasteiger partial charge in [-0.3, -0.25) is 14.4 Å². The molecule has 0 aliphatic rings. The summed E-state index contributed by atoms with van der Waals surface area (Å²) >= 11 is 3.23. The number of methoxy groups -OCH3 is 1. The van der Waals surface area contributed by atoms with Crippen LogP contribution >= 0.6 is 15.9 Å². The first kappa shape index (κ1) is 18.5. The molecule has 0 fully saturated rings. The first-order valence-corrected chi connectivity index (χ1v) is 7.95. The second-order valence-corrected chi connectivity index (χ2v) is 5.76. The molecule has 0 bridgehead atoms. The molecule has 0 aliphatic heterocycles. The molecular weight excluding hydrogens is 392 g/mol. The number of esters is 1. The third kappa shape index (κ3) is 5.08. The van der Waals surface area contributed by atoms with Crippen LogP contribution in [0, 0.1) is 6.92 Å². The lowest BCUT2D eigenvalue weighted by molar-refractivity contribution is -0.139. The third-order valence-corrected chi connectivity index (χ3v) is 3.69. The van der Waals surface area contributed by atoms with Crippen LogP contribution in [0.4, 0.5) is 5.69 Å². The van der Waals surface area contributed by atoms with E-state index in [4.69, 9.17) is 0 Å². The number of benzene rings is 1. The van der Waals surface area contributed by atoms with E-state index in [1.165, 1.54) is 25.4 Å². The minimum atomic E-state index is -0.539. The summed E-state index contributed by atoms with van der Waals surface area (Å²) in [7, 11) is 1.24. The molecule has 0 radical (unpaired) electrons. The average Bonchev–Trinajstić information content (AvgIpc) is 2.61. The molecule has 0 aliphatic carbocycles. The Kier molecular flexibility index (Phi) is 6.18. The Hall–Kier alpha value is -2.81. The van der Waals surface area contributed by atoms with Gasteiger partial charge in [0.2, 0.25) is 0 Å². The SMILES string of the molecule is COC(=O)CNC(=O)c1ccc(NC(=O)c2nc(C)ncc2Br)cc1. The van der Waals surface area contributed by atoms with Gasteiger partial charge in [-0.05, 0) is 47.1 Å². The molecule has 130 valence electrons. The number of aromatic nitrogens is 2. The van der Waals surface area contributed by atoms with E-state index < -0.39 is 17.8 Å². The Labute approximate surface area is 152 Å². The number of carbonyl (C=O) groups excluding carboxylic acids is 3. The Morgan fingerprint density at radius 2 is 1.84 bits per heavy atom. The molecular formula is C16H15BrN4O4. The van der Waals surface area contributed by atoms with Crippen molar-refractivity contribution >= 4 is 39.4 Å². The van der Waals surface area contributed by atoms with Crippen molar-refractivity contribution in [1.29, 1.82) is 0 Å². The maximum Gasteiger partial charge on any atom is 0.325 e. The summed E-state index contributed by atoms with van der Waals surface area (Å²) in [5, 5.41) is 5.11. The summed E-state index contributed by atoms with van der Waals surface area (Å²) in [5.74, 6) is -0.883. The molecule has 25 heavy (non-hydrogen) atoms. The zero-order valence-electron chi connectivity index (χ0n) is 13.5. The van der Waals surface area contributed by atoms with E-state index in [1.54, 1.807) is 19.1 Å². The predicted molar refractivity (Wildman–Crippen MR) is 93.2 cm³/mol. The summed E-state index contributed by atoms with van der Waals surface area (Å²) in [6, 6.07) is 6.21. The van der Waals surface area contributed by atoms with Crippen molar-refractivity contribution in [3.8, 4) is 0 Å². The number of rotatable bonds is 5. The van der Waals surface area contributed by atoms with Gasteiger partial charge in [-0.1, -0.05) is 0 Å². The van der Waals surface area contributed by atoms with Crippen LogP contribution in [-0.4, -0.2) is 41.4 Å². The Morgan fingerprint density at radius 1 is 1.16 bits per heavy atom.